The largest absolute Gasteiger partial charge is 0.494 e. The molecule has 0 aliphatic rings. The highest BCUT2D eigenvalue weighted by Crippen LogP contribution is 2.29. The maximum absolute atomic E-state index is 12.2. The van der Waals surface area contributed by atoms with Crippen LogP contribution in [0.1, 0.15) is 47.5 Å². The van der Waals surface area contributed by atoms with Gasteiger partial charge in [0, 0.05) is 11.3 Å². The Morgan fingerprint density at radius 3 is 2.54 bits per heavy atom. The summed E-state index contributed by atoms with van der Waals surface area (Å²) in [5, 5.41) is 3.39. The number of anilines is 1. The van der Waals surface area contributed by atoms with Crippen molar-refractivity contribution >= 4 is 28.2 Å². The molecule has 0 spiro atoms. The molecule has 0 unspecified atom stereocenters. The Hall–Kier alpha value is -2.34. The molecule has 6 heteroatoms. The van der Waals surface area contributed by atoms with Crippen LogP contribution in [0.25, 0.3) is 0 Å². The van der Waals surface area contributed by atoms with Gasteiger partial charge in [-0.1, -0.05) is 24.6 Å². The van der Waals surface area contributed by atoms with Gasteiger partial charge in [-0.15, -0.1) is 11.3 Å². The van der Waals surface area contributed by atoms with Gasteiger partial charge >= 0.3 is 5.97 Å². The van der Waals surface area contributed by atoms with E-state index < -0.39 is 5.97 Å². The van der Waals surface area contributed by atoms with E-state index in [0.29, 0.717) is 36.6 Å². The molecule has 1 N–H and O–H groups in total. The molecule has 1 aromatic heterocycles. The summed E-state index contributed by atoms with van der Waals surface area (Å²) in [5.41, 5.74) is 1.61. The topological polar surface area (TPSA) is 64.6 Å². The molecular weight excluding hydrogens is 350 g/mol. The first-order valence-electron chi connectivity index (χ1n) is 8.82. The van der Waals surface area contributed by atoms with E-state index >= 15 is 0 Å². The lowest BCUT2D eigenvalue weighted by Crippen LogP contribution is -2.14. The fraction of sp³-hybridized carbons (Fsp3) is 0.400. The van der Waals surface area contributed by atoms with Crippen molar-refractivity contribution in [1.82, 2.24) is 0 Å². The van der Waals surface area contributed by atoms with Crippen LogP contribution in [-0.2, 0) is 16.0 Å². The lowest BCUT2D eigenvalue weighted by atomic mass is 10.2. The summed E-state index contributed by atoms with van der Waals surface area (Å²) in [4.78, 5) is 25.3. The number of aryl methyl sites for hydroxylation is 2. The Balaban J connectivity index is 1.84. The van der Waals surface area contributed by atoms with Crippen LogP contribution in [0.5, 0.6) is 5.75 Å². The van der Waals surface area contributed by atoms with Gasteiger partial charge in [0.05, 0.1) is 18.8 Å². The van der Waals surface area contributed by atoms with E-state index in [2.05, 4.69) is 5.32 Å². The van der Waals surface area contributed by atoms with Crippen LogP contribution >= 0.6 is 11.3 Å². The molecule has 0 radical (unpaired) electrons. The molecule has 1 heterocycles. The molecule has 1 amide bonds. The number of benzene rings is 1. The number of amides is 1. The minimum atomic E-state index is -0.401. The first-order valence-corrected chi connectivity index (χ1v) is 9.64. The van der Waals surface area contributed by atoms with Gasteiger partial charge in [0.25, 0.3) is 0 Å². The molecular formula is C20H25NO4S. The lowest BCUT2D eigenvalue weighted by molar-refractivity contribution is -0.116. The average molecular weight is 375 g/mol. The van der Waals surface area contributed by atoms with E-state index in [-0.39, 0.29) is 5.91 Å². The maximum atomic E-state index is 12.2. The highest BCUT2D eigenvalue weighted by atomic mass is 32.1. The van der Waals surface area contributed by atoms with Gasteiger partial charge in [-0.2, -0.15) is 0 Å². The number of carbonyl (C=O) groups excluding carboxylic acids is 2. The molecule has 0 saturated heterocycles. The minimum absolute atomic E-state index is 0.132. The van der Waals surface area contributed by atoms with E-state index in [1.165, 1.54) is 16.9 Å². The molecule has 2 rings (SSSR count). The van der Waals surface area contributed by atoms with Gasteiger partial charge in [-0.05, 0) is 44.9 Å². The second kappa shape index (κ2) is 9.97. The van der Waals surface area contributed by atoms with Crippen molar-refractivity contribution in [3.8, 4) is 5.75 Å². The first kappa shape index (κ1) is 20.0. The van der Waals surface area contributed by atoms with Gasteiger partial charge in [-0.25, -0.2) is 4.79 Å². The van der Waals surface area contributed by atoms with Crippen LogP contribution < -0.4 is 10.1 Å². The van der Waals surface area contributed by atoms with Crippen LogP contribution in [0.15, 0.2) is 30.3 Å². The Morgan fingerprint density at radius 2 is 1.88 bits per heavy atom. The SMILES string of the molecule is CCOC(=O)c1cc(CC)sc1NC(=O)CCCOc1ccc(C)cc1. The monoisotopic (exact) mass is 375 g/mol. The summed E-state index contributed by atoms with van der Waals surface area (Å²) in [7, 11) is 0. The second-order valence-corrected chi connectivity index (χ2v) is 6.98. The maximum Gasteiger partial charge on any atom is 0.341 e. The molecule has 2 aromatic rings. The van der Waals surface area contributed by atoms with Gasteiger partial charge in [0.2, 0.25) is 5.91 Å². The van der Waals surface area contributed by atoms with E-state index in [1.807, 2.05) is 38.1 Å². The molecule has 0 aliphatic heterocycles. The zero-order valence-electron chi connectivity index (χ0n) is 15.5. The predicted molar refractivity (Wildman–Crippen MR) is 104 cm³/mol. The standard InChI is InChI=1S/C20H25NO4S/c1-4-16-13-17(20(23)24-5-2)19(26-16)21-18(22)7-6-12-25-15-10-8-14(3)9-11-15/h8-11,13H,4-7,12H2,1-3H3,(H,21,22). The molecule has 1 aromatic carbocycles. The third kappa shape index (κ3) is 5.88. The molecule has 5 nitrogen and oxygen atoms in total. The Bertz CT molecular complexity index is 737. The highest BCUT2D eigenvalue weighted by Gasteiger charge is 2.18. The predicted octanol–water partition coefficient (Wildman–Crippen LogP) is 4.59. The smallest absolute Gasteiger partial charge is 0.341 e. The van der Waals surface area contributed by atoms with Crippen molar-refractivity contribution in [1.29, 1.82) is 0 Å². The number of esters is 1. The zero-order chi connectivity index (χ0) is 18.9. The summed E-state index contributed by atoms with van der Waals surface area (Å²) < 4.78 is 10.7. The fourth-order valence-electron chi connectivity index (χ4n) is 2.32. The summed E-state index contributed by atoms with van der Waals surface area (Å²) in [6.45, 7) is 6.56. The molecule has 0 atom stereocenters. The number of hydrogen-bond donors (Lipinski definition) is 1. The van der Waals surface area contributed by atoms with E-state index in [4.69, 9.17) is 9.47 Å². The van der Waals surface area contributed by atoms with E-state index in [0.717, 1.165) is 17.0 Å². The lowest BCUT2D eigenvalue weighted by Gasteiger charge is -2.08. The van der Waals surface area contributed by atoms with Crippen molar-refractivity contribution in [3.05, 3.63) is 46.3 Å². The van der Waals surface area contributed by atoms with Crippen molar-refractivity contribution in [2.75, 3.05) is 18.5 Å². The second-order valence-electron chi connectivity index (χ2n) is 5.84. The third-order valence-electron chi connectivity index (χ3n) is 3.72. The molecule has 0 saturated carbocycles. The minimum Gasteiger partial charge on any atom is -0.494 e. The average Bonchev–Trinajstić information content (AvgIpc) is 3.03. The molecule has 0 aliphatic carbocycles. The van der Waals surface area contributed by atoms with Gasteiger partial charge in [-0.3, -0.25) is 4.79 Å². The van der Waals surface area contributed by atoms with E-state index in [9.17, 15) is 9.59 Å². The Kier molecular flexibility index (Phi) is 7.66. The van der Waals surface area contributed by atoms with Crippen LogP contribution in [0.4, 0.5) is 5.00 Å². The quantitative estimate of drug-likeness (QED) is 0.514. The van der Waals surface area contributed by atoms with Gasteiger partial charge in [0.15, 0.2) is 0 Å². The van der Waals surface area contributed by atoms with Crippen LogP contribution in [0.3, 0.4) is 0 Å². The molecule has 0 fully saturated rings. The van der Waals surface area contributed by atoms with Crippen LogP contribution in [-0.4, -0.2) is 25.1 Å². The third-order valence-corrected chi connectivity index (χ3v) is 4.91. The van der Waals surface area contributed by atoms with Crippen LogP contribution in [0.2, 0.25) is 0 Å². The molecule has 0 bridgehead atoms. The van der Waals surface area contributed by atoms with E-state index in [1.54, 1.807) is 13.0 Å². The summed E-state index contributed by atoms with van der Waals surface area (Å²) >= 11 is 1.42. The van der Waals surface area contributed by atoms with Crippen molar-refractivity contribution < 1.29 is 19.1 Å². The number of nitrogens with one attached hydrogen (secondary N) is 1. The Labute approximate surface area is 158 Å². The number of hydrogen-bond acceptors (Lipinski definition) is 5. The van der Waals surface area contributed by atoms with Gasteiger partial charge < -0.3 is 14.8 Å². The zero-order valence-corrected chi connectivity index (χ0v) is 16.3. The first-order chi connectivity index (χ1) is 12.5. The molecule has 26 heavy (non-hydrogen) atoms. The number of carbonyl (C=O) groups is 2. The van der Waals surface area contributed by atoms with Crippen molar-refractivity contribution in [2.24, 2.45) is 0 Å². The Morgan fingerprint density at radius 1 is 1.15 bits per heavy atom. The number of ether oxygens (including phenoxy) is 2. The molecule has 140 valence electrons. The summed E-state index contributed by atoms with van der Waals surface area (Å²) in [5.74, 6) is 0.264. The normalized spacial score (nSPS) is 10.4. The van der Waals surface area contributed by atoms with Crippen molar-refractivity contribution in [2.45, 2.75) is 40.0 Å². The summed E-state index contributed by atoms with van der Waals surface area (Å²) in [6.07, 6.45) is 1.73. The highest BCUT2D eigenvalue weighted by molar-refractivity contribution is 7.16. The number of rotatable bonds is 9. The summed E-state index contributed by atoms with van der Waals surface area (Å²) in [6, 6.07) is 9.60. The fourth-order valence-corrected chi connectivity index (χ4v) is 3.32. The van der Waals surface area contributed by atoms with Gasteiger partial charge in [0.1, 0.15) is 10.8 Å². The van der Waals surface area contributed by atoms with Crippen molar-refractivity contribution in [3.63, 3.8) is 0 Å². The van der Waals surface area contributed by atoms with Crippen LogP contribution in [0, 0.1) is 6.92 Å². The number of thiophene rings is 1.